The number of phenols is 1. The first-order chi connectivity index (χ1) is 11.7. The molecule has 132 valence electrons. The van der Waals surface area contributed by atoms with Crippen LogP contribution in [0.1, 0.15) is 0 Å². The lowest BCUT2D eigenvalue weighted by Crippen LogP contribution is -3.14. The van der Waals surface area contributed by atoms with Crippen LogP contribution >= 0.6 is 12.2 Å². The number of phenolic OH excluding ortho intramolecular Hbond substituents is 1. The molecule has 3 rings (SSSR count). The first-order valence-corrected chi connectivity index (χ1v) is 9.12. The zero-order valence-corrected chi connectivity index (χ0v) is 14.9. The molecule has 24 heavy (non-hydrogen) atoms. The van der Waals surface area contributed by atoms with Gasteiger partial charge >= 0.3 is 0 Å². The third kappa shape index (κ3) is 4.49. The normalized spacial score (nSPS) is 19.3. The maximum atomic E-state index is 9.97. The Morgan fingerprint density at radius 3 is 2.58 bits per heavy atom. The Morgan fingerprint density at radius 1 is 1.17 bits per heavy atom. The summed E-state index contributed by atoms with van der Waals surface area (Å²) in [4.78, 5) is 6.02. The van der Waals surface area contributed by atoms with Gasteiger partial charge in [0.1, 0.15) is 18.8 Å². The lowest BCUT2D eigenvalue weighted by Gasteiger charge is -2.37. The molecule has 0 bridgehead atoms. The summed E-state index contributed by atoms with van der Waals surface area (Å²) in [5.74, 6) is 0.347. The van der Waals surface area contributed by atoms with Gasteiger partial charge in [0.25, 0.3) is 0 Å². The number of anilines is 1. The van der Waals surface area contributed by atoms with Crippen molar-refractivity contribution in [1.82, 2.24) is 10.2 Å². The molecule has 3 N–H and O–H groups in total. The maximum absolute atomic E-state index is 9.97. The van der Waals surface area contributed by atoms with Gasteiger partial charge < -0.3 is 29.9 Å². The van der Waals surface area contributed by atoms with E-state index in [4.69, 9.17) is 17.0 Å². The van der Waals surface area contributed by atoms with Crippen molar-refractivity contribution in [2.45, 2.75) is 0 Å². The van der Waals surface area contributed by atoms with Crippen molar-refractivity contribution >= 4 is 23.0 Å². The fraction of sp³-hybridized carbons (Fsp3) is 0.588. The van der Waals surface area contributed by atoms with Crippen molar-refractivity contribution < 1.29 is 14.7 Å². The Labute approximate surface area is 149 Å². The number of rotatable bonds is 4. The van der Waals surface area contributed by atoms with Crippen LogP contribution in [0.25, 0.3) is 0 Å². The largest absolute Gasteiger partial charge is 0.506 e. The van der Waals surface area contributed by atoms with Crippen LogP contribution in [0.4, 0.5) is 5.69 Å². The first kappa shape index (κ1) is 17.3. The van der Waals surface area contributed by atoms with E-state index < -0.39 is 0 Å². The van der Waals surface area contributed by atoms with Gasteiger partial charge in [-0.25, -0.2) is 0 Å². The quantitative estimate of drug-likeness (QED) is 0.624. The van der Waals surface area contributed by atoms with Gasteiger partial charge in [-0.05, 0) is 24.4 Å². The maximum Gasteiger partial charge on any atom is 0.169 e. The summed E-state index contributed by atoms with van der Waals surface area (Å²) in [6, 6.07) is 7.51. The molecule has 0 aromatic heterocycles. The molecule has 2 heterocycles. The summed E-state index contributed by atoms with van der Waals surface area (Å²) in [5, 5.41) is 14.2. The van der Waals surface area contributed by atoms with Crippen LogP contribution in [0.5, 0.6) is 5.75 Å². The highest BCUT2D eigenvalue weighted by Gasteiger charge is 2.21. The highest BCUT2D eigenvalue weighted by Crippen LogP contribution is 2.27. The van der Waals surface area contributed by atoms with Crippen molar-refractivity contribution in [3.05, 3.63) is 24.3 Å². The minimum absolute atomic E-state index is 0.347. The number of nitrogens with zero attached hydrogens (tertiary/aromatic N) is 2. The predicted molar refractivity (Wildman–Crippen MR) is 98.9 cm³/mol. The average molecular weight is 351 g/mol. The van der Waals surface area contributed by atoms with E-state index in [0.29, 0.717) is 5.75 Å². The van der Waals surface area contributed by atoms with Crippen LogP contribution in [0.2, 0.25) is 0 Å². The van der Waals surface area contributed by atoms with Gasteiger partial charge in [0.2, 0.25) is 0 Å². The van der Waals surface area contributed by atoms with E-state index in [1.807, 2.05) is 18.2 Å². The number of nitrogens with one attached hydrogen (secondary N) is 2. The zero-order valence-electron chi connectivity index (χ0n) is 14.0. The third-order valence-electron chi connectivity index (χ3n) is 4.74. The summed E-state index contributed by atoms with van der Waals surface area (Å²) >= 11 is 5.53. The fourth-order valence-electron chi connectivity index (χ4n) is 3.25. The molecule has 2 fully saturated rings. The monoisotopic (exact) mass is 351 g/mol. The van der Waals surface area contributed by atoms with Gasteiger partial charge in [-0.1, -0.05) is 12.1 Å². The van der Waals surface area contributed by atoms with Gasteiger partial charge in [-0.15, -0.1) is 0 Å². The highest BCUT2D eigenvalue weighted by atomic mass is 32.1. The number of thiocarbonyl (C=S) groups is 1. The molecular weight excluding hydrogens is 324 g/mol. The summed E-state index contributed by atoms with van der Waals surface area (Å²) in [5.41, 5.74) is 0.909. The Morgan fingerprint density at radius 2 is 1.88 bits per heavy atom. The summed E-state index contributed by atoms with van der Waals surface area (Å²) in [7, 11) is 0. The predicted octanol–water partition coefficient (Wildman–Crippen LogP) is -0.696. The van der Waals surface area contributed by atoms with Crippen LogP contribution in [0.3, 0.4) is 0 Å². The van der Waals surface area contributed by atoms with E-state index >= 15 is 0 Å². The molecule has 1 aromatic carbocycles. The number of para-hydroxylation sites is 2. The number of hydrogen-bond acceptors (Lipinski definition) is 4. The Balaban J connectivity index is 1.39. The molecule has 0 radical (unpaired) electrons. The van der Waals surface area contributed by atoms with E-state index in [1.54, 1.807) is 11.0 Å². The van der Waals surface area contributed by atoms with Gasteiger partial charge in [0.15, 0.2) is 5.11 Å². The van der Waals surface area contributed by atoms with E-state index in [2.05, 4.69) is 15.1 Å². The SMILES string of the molecule is Oc1ccccc1N1CCN(C(=S)NCC[NH+]2CCOCC2)CC1. The molecule has 1 aromatic rings. The molecule has 0 saturated carbocycles. The second-order valence-corrected chi connectivity index (χ2v) is 6.69. The number of aromatic hydroxyl groups is 1. The van der Waals surface area contributed by atoms with E-state index in [1.165, 1.54) is 0 Å². The minimum Gasteiger partial charge on any atom is -0.506 e. The molecule has 0 atom stereocenters. The number of ether oxygens (including phenoxy) is 1. The first-order valence-electron chi connectivity index (χ1n) is 8.71. The molecule has 2 saturated heterocycles. The van der Waals surface area contributed by atoms with Crippen molar-refractivity contribution in [2.24, 2.45) is 0 Å². The van der Waals surface area contributed by atoms with Gasteiger partial charge in [0, 0.05) is 26.2 Å². The fourth-order valence-corrected chi connectivity index (χ4v) is 3.53. The molecule has 2 aliphatic heterocycles. The van der Waals surface area contributed by atoms with Crippen molar-refractivity contribution in [2.75, 3.05) is 70.5 Å². The Kier molecular flexibility index (Phi) is 6.12. The van der Waals surface area contributed by atoms with Crippen LogP contribution in [0.15, 0.2) is 24.3 Å². The molecule has 7 heteroatoms. The summed E-state index contributed by atoms with van der Waals surface area (Å²) < 4.78 is 5.38. The van der Waals surface area contributed by atoms with E-state index in [0.717, 1.165) is 76.4 Å². The van der Waals surface area contributed by atoms with Crippen LogP contribution in [-0.4, -0.2) is 80.7 Å². The topological polar surface area (TPSA) is 52.4 Å². The minimum atomic E-state index is 0.347. The number of piperazine rings is 1. The van der Waals surface area contributed by atoms with Gasteiger partial charge in [-0.3, -0.25) is 0 Å². The lowest BCUT2D eigenvalue weighted by atomic mass is 10.2. The molecule has 0 amide bonds. The van der Waals surface area contributed by atoms with Gasteiger partial charge in [-0.2, -0.15) is 0 Å². The number of morpholine rings is 1. The van der Waals surface area contributed by atoms with Crippen LogP contribution < -0.4 is 15.1 Å². The molecule has 2 aliphatic rings. The van der Waals surface area contributed by atoms with Crippen LogP contribution in [0, 0.1) is 0 Å². The molecule has 6 nitrogen and oxygen atoms in total. The Bertz CT molecular complexity index is 543. The number of hydrogen-bond donors (Lipinski definition) is 3. The average Bonchev–Trinajstić information content (AvgIpc) is 2.63. The van der Waals surface area contributed by atoms with Crippen molar-refractivity contribution in [1.29, 1.82) is 0 Å². The van der Waals surface area contributed by atoms with Gasteiger partial charge in [0.05, 0.1) is 32.0 Å². The molecule has 0 unspecified atom stereocenters. The molecular formula is C17H27N4O2S+. The third-order valence-corrected chi connectivity index (χ3v) is 5.15. The molecule has 0 aliphatic carbocycles. The highest BCUT2D eigenvalue weighted by molar-refractivity contribution is 7.80. The van der Waals surface area contributed by atoms with Crippen LogP contribution in [-0.2, 0) is 4.74 Å². The number of quaternary nitrogens is 1. The summed E-state index contributed by atoms with van der Waals surface area (Å²) in [6.45, 7) is 9.41. The number of benzene rings is 1. The second-order valence-electron chi connectivity index (χ2n) is 6.31. The van der Waals surface area contributed by atoms with E-state index in [9.17, 15) is 5.11 Å². The standard InChI is InChI=1S/C17H26N4O2S/c22-16-4-2-1-3-15(16)20-7-9-21(10-8-20)17(24)18-5-6-19-11-13-23-14-12-19/h1-4,22H,5-14H2,(H,18,24)/p+1. The van der Waals surface area contributed by atoms with Crippen molar-refractivity contribution in [3.63, 3.8) is 0 Å². The zero-order chi connectivity index (χ0) is 16.8. The lowest BCUT2D eigenvalue weighted by molar-refractivity contribution is -0.906. The van der Waals surface area contributed by atoms with E-state index in [-0.39, 0.29) is 0 Å². The molecule has 0 spiro atoms. The summed E-state index contributed by atoms with van der Waals surface area (Å²) in [6.07, 6.45) is 0. The Hall–Kier alpha value is -1.57. The smallest absolute Gasteiger partial charge is 0.169 e. The second kappa shape index (κ2) is 8.50. The van der Waals surface area contributed by atoms with Crippen molar-refractivity contribution in [3.8, 4) is 5.75 Å².